The summed E-state index contributed by atoms with van der Waals surface area (Å²) in [6.07, 6.45) is 0.881. The second-order valence-corrected chi connectivity index (χ2v) is 12.1. The first-order valence-electron chi connectivity index (χ1n) is 14.0. The van der Waals surface area contributed by atoms with Crippen LogP contribution in [0.5, 0.6) is 11.5 Å². The monoisotopic (exact) mass is 595 g/mol. The van der Waals surface area contributed by atoms with Gasteiger partial charge in [0.05, 0.1) is 24.8 Å². The minimum absolute atomic E-state index is 0.0608. The van der Waals surface area contributed by atoms with Crippen LogP contribution in [0, 0.1) is 5.92 Å². The molecule has 0 aliphatic carbocycles. The smallest absolute Gasteiger partial charge is 0.264 e. The molecule has 10 heteroatoms. The van der Waals surface area contributed by atoms with Crippen molar-refractivity contribution >= 4 is 27.5 Å². The third-order valence-electron chi connectivity index (χ3n) is 6.82. The average Bonchev–Trinajstić information content (AvgIpc) is 3.00. The maximum absolute atomic E-state index is 14.1. The highest BCUT2D eigenvalue weighted by Crippen LogP contribution is 2.32. The Morgan fingerprint density at radius 1 is 0.881 bits per heavy atom. The van der Waals surface area contributed by atoms with E-state index in [1.54, 1.807) is 30.3 Å². The lowest BCUT2D eigenvalue weighted by molar-refractivity contribution is -0.139. The minimum Gasteiger partial charge on any atom is -0.493 e. The van der Waals surface area contributed by atoms with Gasteiger partial charge in [0.2, 0.25) is 11.8 Å². The molecule has 2 amide bonds. The van der Waals surface area contributed by atoms with Crippen molar-refractivity contribution < 1.29 is 27.5 Å². The van der Waals surface area contributed by atoms with Gasteiger partial charge in [-0.2, -0.15) is 0 Å². The highest BCUT2D eigenvalue weighted by Gasteiger charge is 2.33. The van der Waals surface area contributed by atoms with Crippen molar-refractivity contribution in [3.05, 3.63) is 84.4 Å². The number of hydrogen-bond donors (Lipinski definition) is 1. The third kappa shape index (κ3) is 8.25. The summed E-state index contributed by atoms with van der Waals surface area (Å²) in [7, 11) is -1.34. The molecule has 9 nitrogen and oxygen atoms in total. The molecule has 0 radical (unpaired) electrons. The number of amides is 2. The number of anilines is 1. The van der Waals surface area contributed by atoms with Crippen molar-refractivity contribution in [3.63, 3.8) is 0 Å². The number of carbonyl (C=O) groups is 2. The van der Waals surface area contributed by atoms with Gasteiger partial charge in [-0.25, -0.2) is 8.42 Å². The molecule has 3 aromatic carbocycles. The fourth-order valence-corrected chi connectivity index (χ4v) is 5.98. The summed E-state index contributed by atoms with van der Waals surface area (Å²) in [5.74, 6) is 0.117. The van der Waals surface area contributed by atoms with Crippen LogP contribution in [0.1, 0.15) is 32.8 Å². The molecule has 0 spiro atoms. The first kappa shape index (κ1) is 32.5. The van der Waals surface area contributed by atoms with Gasteiger partial charge in [0.25, 0.3) is 10.0 Å². The van der Waals surface area contributed by atoms with E-state index in [1.807, 2.05) is 51.1 Å². The van der Waals surface area contributed by atoms with Crippen LogP contribution in [-0.4, -0.2) is 65.0 Å². The van der Waals surface area contributed by atoms with Crippen molar-refractivity contribution in [3.8, 4) is 11.5 Å². The Morgan fingerprint density at radius 2 is 1.50 bits per heavy atom. The van der Waals surface area contributed by atoms with E-state index in [9.17, 15) is 18.0 Å². The lowest BCUT2D eigenvalue weighted by atomic mass is 10.1. The maximum atomic E-state index is 14.1. The van der Waals surface area contributed by atoms with Crippen LogP contribution in [0.25, 0.3) is 0 Å². The lowest BCUT2D eigenvalue weighted by Crippen LogP contribution is -2.53. The van der Waals surface area contributed by atoms with E-state index >= 15 is 0 Å². The summed E-state index contributed by atoms with van der Waals surface area (Å²) in [5, 5.41) is 2.94. The fraction of sp³-hybridized carbons (Fsp3) is 0.375. The van der Waals surface area contributed by atoms with Crippen molar-refractivity contribution in [2.75, 3.05) is 38.2 Å². The fourth-order valence-electron chi connectivity index (χ4n) is 4.55. The highest BCUT2D eigenvalue weighted by molar-refractivity contribution is 7.92. The van der Waals surface area contributed by atoms with E-state index in [-0.39, 0.29) is 29.0 Å². The number of rotatable bonds is 15. The number of carbonyl (C=O) groups excluding carboxylic acids is 2. The predicted octanol–water partition coefficient (Wildman–Crippen LogP) is 4.52. The van der Waals surface area contributed by atoms with E-state index in [0.29, 0.717) is 30.8 Å². The second kappa shape index (κ2) is 15.3. The van der Waals surface area contributed by atoms with Crippen LogP contribution in [-0.2, 0) is 26.0 Å². The molecule has 0 saturated carbocycles. The molecule has 1 atom stereocenters. The molecular weight excluding hydrogens is 554 g/mol. The van der Waals surface area contributed by atoms with E-state index in [2.05, 4.69) is 5.32 Å². The molecule has 0 heterocycles. The number of ether oxygens (including phenoxy) is 2. The summed E-state index contributed by atoms with van der Waals surface area (Å²) >= 11 is 0. The summed E-state index contributed by atoms with van der Waals surface area (Å²) in [6, 6.07) is 21.6. The van der Waals surface area contributed by atoms with Gasteiger partial charge in [-0.05, 0) is 48.6 Å². The van der Waals surface area contributed by atoms with Crippen LogP contribution in [0.4, 0.5) is 5.69 Å². The van der Waals surface area contributed by atoms with Crippen molar-refractivity contribution in [1.82, 2.24) is 10.2 Å². The van der Waals surface area contributed by atoms with E-state index < -0.39 is 28.5 Å². The first-order valence-corrected chi connectivity index (χ1v) is 15.5. The molecule has 1 N–H and O–H groups in total. The average molecular weight is 596 g/mol. The molecule has 3 aromatic rings. The summed E-state index contributed by atoms with van der Waals surface area (Å²) in [6.45, 7) is 6.06. The summed E-state index contributed by atoms with van der Waals surface area (Å²) in [5.41, 5.74) is 1.33. The van der Waals surface area contributed by atoms with Crippen molar-refractivity contribution in [1.29, 1.82) is 0 Å². The SMILES string of the molecule is CC[C@@H](C(=O)NCC(C)C)N(CCc1ccccc1)C(=O)CN(c1ccccc1)S(=O)(=O)c1ccc(OC)c(OC)c1. The number of sulfonamides is 1. The molecule has 3 rings (SSSR count). The van der Waals surface area contributed by atoms with E-state index in [0.717, 1.165) is 9.87 Å². The molecule has 0 saturated heterocycles. The summed E-state index contributed by atoms with van der Waals surface area (Å²) < 4.78 is 39.8. The zero-order valence-electron chi connectivity index (χ0n) is 24.9. The van der Waals surface area contributed by atoms with Gasteiger partial charge in [-0.1, -0.05) is 69.3 Å². The zero-order valence-corrected chi connectivity index (χ0v) is 25.8. The molecule has 0 bridgehead atoms. The number of nitrogens with zero attached hydrogens (tertiary/aromatic N) is 2. The van der Waals surface area contributed by atoms with Crippen molar-refractivity contribution in [2.45, 2.75) is 44.6 Å². The molecular formula is C32H41N3O6S. The Bertz CT molecular complexity index is 1410. The van der Waals surface area contributed by atoms with Crippen molar-refractivity contribution in [2.24, 2.45) is 5.92 Å². The number of nitrogens with one attached hydrogen (secondary N) is 1. The van der Waals surface area contributed by atoms with Gasteiger partial charge >= 0.3 is 0 Å². The Labute approximate surface area is 249 Å². The van der Waals surface area contributed by atoms with Crippen LogP contribution in [0.2, 0.25) is 0 Å². The van der Waals surface area contributed by atoms with Gasteiger partial charge in [0.1, 0.15) is 12.6 Å². The molecule has 0 aliphatic heterocycles. The Hall–Kier alpha value is -4.05. The van der Waals surface area contributed by atoms with Gasteiger partial charge < -0.3 is 19.7 Å². The van der Waals surface area contributed by atoms with Crippen LogP contribution in [0.3, 0.4) is 0 Å². The number of para-hydroxylation sites is 1. The number of methoxy groups -OCH3 is 2. The van der Waals surface area contributed by atoms with Crippen LogP contribution >= 0.6 is 0 Å². The zero-order chi connectivity index (χ0) is 30.7. The van der Waals surface area contributed by atoms with E-state index in [1.165, 1.54) is 37.3 Å². The standard InChI is InChI=1S/C32H41N3O6S/c1-6-28(32(37)33-22-24(2)3)34(20-19-25-13-9-7-10-14-25)31(36)23-35(26-15-11-8-12-16-26)42(38,39)27-17-18-29(40-4)30(21-27)41-5/h7-18,21,24,28H,6,19-20,22-23H2,1-5H3,(H,33,37)/t28-/m0/s1. The molecule has 42 heavy (non-hydrogen) atoms. The Kier molecular flexibility index (Phi) is 11.8. The number of benzene rings is 3. The molecule has 0 aromatic heterocycles. The highest BCUT2D eigenvalue weighted by atomic mass is 32.2. The quantitative estimate of drug-likeness (QED) is 0.277. The normalized spacial score (nSPS) is 12.0. The minimum atomic E-state index is -4.23. The predicted molar refractivity (Wildman–Crippen MR) is 164 cm³/mol. The Morgan fingerprint density at radius 3 is 2.07 bits per heavy atom. The summed E-state index contributed by atoms with van der Waals surface area (Å²) in [4.78, 5) is 28.8. The second-order valence-electron chi connectivity index (χ2n) is 10.2. The number of hydrogen-bond acceptors (Lipinski definition) is 6. The van der Waals surface area contributed by atoms with E-state index in [4.69, 9.17) is 9.47 Å². The third-order valence-corrected chi connectivity index (χ3v) is 8.59. The van der Waals surface area contributed by atoms with Gasteiger partial charge in [-0.3, -0.25) is 13.9 Å². The topological polar surface area (TPSA) is 105 Å². The van der Waals surface area contributed by atoms with Crippen LogP contribution in [0.15, 0.2) is 83.8 Å². The maximum Gasteiger partial charge on any atom is 0.264 e. The van der Waals surface area contributed by atoms with Crippen LogP contribution < -0.4 is 19.1 Å². The van der Waals surface area contributed by atoms with Gasteiger partial charge in [0.15, 0.2) is 11.5 Å². The molecule has 226 valence electrons. The van der Waals surface area contributed by atoms with Gasteiger partial charge in [-0.15, -0.1) is 0 Å². The first-order chi connectivity index (χ1) is 20.1. The molecule has 0 aliphatic rings. The van der Waals surface area contributed by atoms with Gasteiger partial charge in [0, 0.05) is 19.2 Å². The molecule has 0 fully saturated rings. The Balaban J connectivity index is 2.01. The molecule has 0 unspecified atom stereocenters. The largest absolute Gasteiger partial charge is 0.493 e. The lowest BCUT2D eigenvalue weighted by Gasteiger charge is -2.33.